The second-order valence-corrected chi connectivity index (χ2v) is 17.6. The molecule has 1 rings (SSSR count). The first kappa shape index (κ1) is 60.4. The molecule has 1 heterocycles. The van der Waals surface area contributed by atoms with Crippen LogP contribution in [0.2, 0.25) is 0 Å². The lowest BCUT2D eigenvalue weighted by molar-refractivity contribution is -0.305. The summed E-state index contributed by atoms with van der Waals surface area (Å²) in [5, 5.41) is 40.3. The molecule has 0 aliphatic carbocycles. The van der Waals surface area contributed by atoms with E-state index in [0.717, 1.165) is 103 Å². The first-order valence-electron chi connectivity index (χ1n) is 26.2. The van der Waals surface area contributed by atoms with E-state index in [9.17, 15) is 25.2 Å². The van der Waals surface area contributed by atoms with Gasteiger partial charge in [-0.25, -0.2) is 0 Å². The van der Waals surface area contributed by atoms with Crippen molar-refractivity contribution in [2.45, 2.75) is 237 Å². The Morgan fingerprint density at radius 3 is 1.43 bits per heavy atom. The van der Waals surface area contributed by atoms with Gasteiger partial charge in [-0.1, -0.05) is 189 Å². The van der Waals surface area contributed by atoms with Crippen LogP contribution in [0.4, 0.5) is 0 Å². The number of allylic oxidation sites excluding steroid dienone is 14. The first-order chi connectivity index (χ1) is 31.9. The van der Waals surface area contributed by atoms with Crippen LogP contribution in [0.1, 0.15) is 200 Å². The van der Waals surface area contributed by atoms with Gasteiger partial charge in [0, 0.05) is 13.0 Å². The zero-order chi connectivity index (χ0) is 47.1. The van der Waals surface area contributed by atoms with Crippen LogP contribution >= 0.6 is 0 Å². The molecule has 1 aliphatic heterocycles. The number of esters is 1. The van der Waals surface area contributed by atoms with Crippen LogP contribution in [0.25, 0.3) is 0 Å². The molecule has 0 amide bonds. The summed E-state index contributed by atoms with van der Waals surface area (Å²) in [7, 11) is 0. The number of carbonyl (C=O) groups is 1. The van der Waals surface area contributed by atoms with Gasteiger partial charge in [0.1, 0.15) is 30.5 Å². The monoisotopic (exact) mass is 913 g/mol. The number of hydrogen-bond acceptors (Lipinski definition) is 9. The van der Waals surface area contributed by atoms with Gasteiger partial charge in [-0.2, -0.15) is 0 Å². The average molecular weight is 913 g/mol. The van der Waals surface area contributed by atoms with Crippen molar-refractivity contribution in [3.05, 3.63) is 85.1 Å². The molecule has 6 atom stereocenters. The molecule has 0 saturated carbocycles. The minimum atomic E-state index is -1.55. The molecule has 1 fully saturated rings. The molecule has 0 aromatic rings. The van der Waals surface area contributed by atoms with Gasteiger partial charge < -0.3 is 39.4 Å². The molecule has 6 unspecified atom stereocenters. The molecule has 4 N–H and O–H groups in total. The Morgan fingerprint density at radius 2 is 0.938 bits per heavy atom. The lowest BCUT2D eigenvalue weighted by Crippen LogP contribution is -2.59. The third-order valence-electron chi connectivity index (χ3n) is 11.5. The van der Waals surface area contributed by atoms with E-state index < -0.39 is 43.4 Å². The number of ether oxygens (including phenoxy) is 4. The molecular formula is C56H96O9. The highest BCUT2D eigenvalue weighted by atomic mass is 16.7. The number of unbranched alkanes of at least 4 members (excludes halogenated alkanes) is 19. The van der Waals surface area contributed by atoms with E-state index >= 15 is 0 Å². The van der Waals surface area contributed by atoms with E-state index in [4.69, 9.17) is 18.9 Å². The van der Waals surface area contributed by atoms with Gasteiger partial charge >= 0.3 is 5.97 Å². The largest absolute Gasteiger partial charge is 0.457 e. The third kappa shape index (κ3) is 37.1. The molecular weight excluding hydrogens is 817 g/mol. The number of aliphatic hydroxyl groups is 4. The molecule has 0 aromatic carbocycles. The highest BCUT2D eigenvalue weighted by Gasteiger charge is 2.44. The summed E-state index contributed by atoms with van der Waals surface area (Å²) in [6, 6.07) is 0. The SMILES string of the molecule is CC/C=C\C/C=C\C/C=C\C/C=C\C/C=C\C/C=C\CCCCCCCCC(=O)OC(COCCCCCCCC/C=C\CCCCCCCCC)COC1OC(CO)C(O)C(O)C1O. The van der Waals surface area contributed by atoms with Gasteiger partial charge in [-0.05, 0) is 89.9 Å². The van der Waals surface area contributed by atoms with Gasteiger partial charge in [0.15, 0.2) is 6.29 Å². The fourth-order valence-electron chi connectivity index (χ4n) is 7.49. The second kappa shape index (κ2) is 46.5. The van der Waals surface area contributed by atoms with E-state index in [0.29, 0.717) is 13.0 Å². The van der Waals surface area contributed by atoms with Gasteiger partial charge in [-0.15, -0.1) is 0 Å². The Labute approximate surface area is 397 Å². The normalized spacial score (nSPS) is 20.1. The topological polar surface area (TPSA) is 135 Å². The zero-order valence-electron chi connectivity index (χ0n) is 41.2. The fourth-order valence-corrected chi connectivity index (χ4v) is 7.49. The molecule has 0 radical (unpaired) electrons. The average Bonchev–Trinajstić information content (AvgIpc) is 3.31. The Balaban J connectivity index is 2.23. The van der Waals surface area contributed by atoms with Crippen molar-refractivity contribution in [3.63, 3.8) is 0 Å². The Morgan fingerprint density at radius 1 is 0.508 bits per heavy atom. The number of rotatable bonds is 44. The van der Waals surface area contributed by atoms with Crippen molar-refractivity contribution in [1.29, 1.82) is 0 Å². The molecule has 0 aromatic heterocycles. The molecule has 9 nitrogen and oxygen atoms in total. The fraction of sp³-hybridized carbons (Fsp3) is 0.732. The van der Waals surface area contributed by atoms with E-state index in [2.05, 4.69) is 98.9 Å². The predicted molar refractivity (Wildman–Crippen MR) is 270 cm³/mol. The Kier molecular flexibility index (Phi) is 43.2. The van der Waals surface area contributed by atoms with E-state index in [1.54, 1.807) is 0 Å². The van der Waals surface area contributed by atoms with E-state index in [1.807, 2.05) is 0 Å². The van der Waals surface area contributed by atoms with Crippen LogP contribution in [0.3, 0.4) is 0 Å². The smallest absolute Gasteiger partial charge is 0.306 e. The molecule has 0 spiro atoms. The maximum atomic E-state index is 12.8. The quantitative estimate of drug-likeness (QED) is 0.0268. The van der Waals surface area contributed by atoms with Crippen molar-refractivity contribution in [3.8, 4) is 0 Å². The summed E-state index contributed by atoms with van der Waals surface area (Å²) in [4.78, 5) is 12.8. The zero-order valence-corrected chi connectivity index (χ0v) is 41.2. The van der Waals surface area contributed by atoms with Crippen LogP contribution in [0.15, 0.2) is 85.1 Å². The maximum Gasteiger partial charge on any atom is 0.306 e. The van der Waals surface area contributed by atoms with Gasteiger partial charge in [-0.3, -0.25) is 4.79 Å². The van der Waals surface area contributed by atoms with Crippen molar-refractivity contribution >= 4 is 5.97 Å². The minimum absolute atomic E-state index is 0.126. The summed E-state index contributed by atoms with van der Waals surface area (Å²) >= 11 is 0. The predicted octanol–water partition coefficient (Wildman–Crippen LogP) is 13.0. The second-order valence-electron chi connectivity index (χ2n) is 17.6. The minimum Gasteiger partial charge on any atom is -0.457 e. The third-order valence-corrected chi connectivity index (χ3v) is 11.5. The van der Waals surface area contributed by atoms with Crippen LogP contribution in [-0.4, -0.2) is 89.6 Å². The number of hydrogen-bond donors (Lipinski definition) is 4. The molecule has 9 heteroatoms. The molecule has 374 valence electrons. The first-order valence-corrected chi connectivity index (χ1v) is 26.2. The lowest BCUT2D eigenvalue weighted by Gasteiger charge is -2.39. The van der Waals surface area contributed by atoms with Gasteiger partial charge in [0.2, 0.25) is 0 Å². The van der Waals surface area contributed by atoms with Crippen molar-refractivity contribution < 1.29 is 44.2 Å². The van der Waals surface area contributed by atoms with Crippen LogP contribution < -0.4 is 0 Å². The van der Waals surface area contributed by atoms with Crippen LogP contribution in [0.5, 0.6) is 0 Å². The molecule has 65 heavy (non-hydrogen) atoms. The summed E-state index contributed by atoms with van der Waals surface area (Å²) < 4.78 is 22.9. The van der Waals surface area contributed by atoms with E-state index in [1.165, 1.54) is 77.0 Å². The number of aliphatic hydroxyl groups excluding tert-OH is 4. The van der Waals surface area contributed by atoms with Crippen LogP contribution in [-0.2, 0) is 23.7 Å². The van der Waals surface area contributed by atoms with Crippen LogP contribution in [0, 0.1) is 0 Å². The highest BCUT2D eigenvalue weighted by molar-refractivity contribution is 5.69. The Bertz CT molecular complexity index is 1270. The summed E-state index contributed by atoms with van der Waals surface area (Å²) in [6.45, 7) is 4.41. The van der Waals surface area contributed by atoms with E-state index in [-0.39, 0.29) is 19.2 Å². The van der Waals surface area contributed by atoms with Crippen molar-refractivity contribution in [2.75, 3.05) is 26.4 Å². The lowest BCUT2D eigenvalue weighted by atomic mass is 9.99. The standard InChI is InChI=1S/C56H96O9/c1-3-5-7-9-11-13-15-17-19-21-22-23-24-25-26-27-28-29-31-33-35-37-39-41-43-45-52(58)64-50(49-63-56-55(61)54(60)53(59)51(47-57)65-56)48-62-46-44-42-40-38-36-34-32-30-20-18-16-14-12-10-8-6-4-2/h5,7,11,13,17,19-20,22-23,25-26,28-30,50-51,53-57,59-61H,3-4,6,8-10,12,14-16,18,21,24,27,31-49H2,1-2H3/b7-5-,13-11-,19-17-,23-22-,26-25-,29-28-,30-20-. The van der Waals surface area contributed by atoms with Crippen molar-refractivity contribution in [2.24, 2.45) is 0 Å². The number of carbonyl (C=O) groups excluding carboxylic acids is 1. The van der Waals surface area contributed by atoms with Gasteiger partial charge in [0.25, 0.3) is 0 Å². The molecule has 1 saturated heterocycles. The summed E-state index contributed by atoms with van der Waals surface area (Å²) in [5.74, 6) is -0.332. The summed E-state index contributed by atoms with van der Waals surface area (Å²) in [5.41, 5.74) is 0. The maximum absolute atomic E-state index is 12.8. The molecule has 1 aliphatic rings. The molecule has 0 bridgehead atoms. The Hall–Kier alpha value is -2.63. The van der Waals surface area contributed by atoms with Gasteiger partial charge in [0.05, 0.1) is 19.8 Å². The highest BCUT2D eigenvalue weighted by Crippen LogP contribution is 2.22. The van der Waals surface area contributed by atoms with Crippen molar-refractivity contribution in [1.82, 2.24) is 0 Å². The summed E-state index contributed by atoms with van der Waals surface area (Å²) in [6.07, 6.45) is 56.1.